The summed E-state index contributed by atoms with van der Waals surface area (Å²) < 4.78 is 80.1. The first-order valence-corrected chi connectivity index (χ1v) is 9.48. The fraction of sp³-hybridized carbons (Fsp3) is 0.235. The first-order chi connectivity index (χ1) is 12.8. The highest BCUT2D eigenvalue weighted by Gasteiger charge is 2.30. The highest BCUT2D eigenvalue weighted by molar-refractivity contribution is 7.92. The SMILES string of the molecule is O=S(=O)(/C=C/c1ccccc1)N1CCN(c2c(F)c(F)nc(F)c2F)CC1. The topological polar surface area (TPSA) is 53.5 Å². The molecule has 5 nitrogen and oxygen atoms in total. The van der Waals surface area contributed by atoms with Gasteiger partial charge in [-0.1, -0.05) is 30.3 Å². The molecule has 0 aliphatic carbocycles. The van der Waals surface area contributed by atoms with Crippen LogP contribution in [0.25, 0.3) is 6.08 Å². The van der Waals surface area contributed by atoms with Gasteiger partial charge in [-0.15, -0.1) is 0 Å². The second kappa shape index (κ2) is 7.65. The van der Waals surface area contributed by atoms with Crippen LogP contribution in [-0.4, -0.2) is 43.9 Å². The highest BCUT2D eigenvalue weighted by Crippen LogP contribution is 2.27. The van der Waals surface area contributed by atoms with Gasteiger partial charge in [0.25, 0.3) is 11.9 Å². The van der Waals surface area contributed by atoms with Crippen LogP contribution in [0.15, 0.2) is 35.7 Å². The largest absolute Gasteiger partial charge is 0.364 e. The second-order valence-corrected chi connectivity index (χ2v) is 7.63. The number of pyridine rings is 1. The van der Waals surface area contributed by atoms with Crippen molar-refractivity contribution in [2.75, 3.05) is 31.1 Å². The quantitative estimate of drug-likeness (QED) is 0.584. The van der Waals surface area contributed by atoms with Gasteiger partial charge in [0.15, 0.2) is 0 Å². The molecule has 0 N–H and O–H groups in total. The smallest absolute Gasteiger partial charge is 0.253 e. The molecule has 27 heavy (non-hydrogen) atoms. The highest BCUT2D eigenvalue weighted by atomic mass is 32.2. The molecular weight excluding hydrogens is 386 g/mol. The molecule has 1 fully saturated rings. The normalized spacial score (nSPS) is 16.2. The van der Waals surface area contributed by atoms with Crippen LogP contribution < -0.4 is 4.90 Å². The number of hydrogen-bond donors (Lipinski definition) is 0. The predicted molar refractivity (Wildman–Crippen MR) is 92.3 cm³/mol. The lowest BCUT2D eigenvalue weighted by Crippen LogP contribution is -2.48. The van der Waals surface area contributed by atoms with Crippen LogP contribution in [0, 0.1) is 23.5 Å². The molecule has 1 saturated heterocycles. The molecule has 144 valence electrons. The van der Waals surface area contributed by atoms with Gasteiger partial charge in [-0.3, -0.25) is 0 Å². The summed E-state index contributed by atoms with van der Waals surface area (Å²) in [6.45, 7) is -0.442. The average molecular weight is 401 g/mol. The molecule has 1 aliphatic rings. The predicted octanol–water partition coefficient (Wildman–Crippen LogP) is 2.76. The third-order valence-corrected chi connectivity index (χ3v) is 5.69. The third kappa shape index (κ3) is 4.11. The van der Waals surface area contributed by atoms with Crippen molar-refractivity contribution in [2.45, 2.75) is 0 Å². The zero-order valence-corrected chi connectivity index (χ0v) is 14.8. The van der Waals surface area contributed by atoms with Crippen LogP contribution in [-0.2, 0) is 10.0 Å². The van der Waals surface area contributed by atoms with Gasteiger partial charge in [-0.2, -0.15) is 26.9 Å². The van der Waals surface area contributed by atoms with Crippen LogP contribution in [0.4, 0.5) is 23.2 Å². The molecule has 0 atom stereocenters. The Hall–Kier alpha value is -2.46. The summed E-state index contributed by atoms with van der Waals surface area (Å²) >= 11 is 0. The van der Waals surface area contributed by atoms with Gasteiger partial charge in [0.1, 0.15) is 5.69 Å². The van der Waals surface area contributed by atoms with E-state index < -0.39 is 39.2 Å². The monoisotopic (exact) mass is 401 g/mol. The van der Waals surface area contributed by atoms with Crippen molar-refractivity contribution >= 4 is 21.8 Å². The van der Waals surface area contributed by atoms with Gasteiger partial charge in [-0.25, -0.2) is 8.42 Å². The van der Waals surface area contributed by atoms with Crippen molar-refractivity contribution in [2.24, 2.45) is 0 Å². The van der Waals surface area contributed by atoms with E-state index in [-0.39, 0.29) is 26.2 Å². The summed E-state index contributed by atoms with van der Waals surface area (Å²) in [6.07, 6.45) is 1.44. The van der Waals surface area contributed by atoms with E-state index in [1.54, 1.807) is 30.3 Å². The van der Waals surface area contributed by atoms with Crippen molar-refractivity contribution in [3.8, 4) is 0 Å². The molecule has 10 heteroatoms. The maximum absolute atomic E-state index is 13.8. The molecule has 0 spiro atoms. The Kier molecular flexibility index (Phi) is 5.47. The minimum absolute atomic E-state index is 0.0914. The Morgan fingerprint density at radius 2 is 1.44 bits per heavy atom. The van der Waals surface area contributed by atoms with Gasteiger partial charge >= 0.3 is 0 Å². The molecule has 0 bridgehead atoms. The minimum Gasteiger partial charge on any atom is -0.364 e. The molecule has 2 heterocycles. The van der Waals surface area contributed by atoms with Crippen LogP contribution in [0.5, 0.6) is 0 Å². The Balaban J connectivity index is 1.73. The molecule has 2 aromatic rings. The van der Waals surface area contributed by atoms with Gasteiger partial charge < -0.3 is 4.90 Å². The minimum atomic E-state index is -3.75. The molecule has 0 unspecified atom stereocenters. The molecule has 1 aromatic carbocycles. The lowest BCUT2D eigenvalue weighted by molar-refractivity contribution is 0.372. The Morgan fingerprint density at radius 3 is 2.00 bits per heavy atom. The van der Waals surface area contributed by atoms with Crippen LogP contribution in [0.2, 0.25) is 0 Å². The van der Waals surface area contributed by atoms with E-state index in [1.165, 1.54) is 6.08 Å². The molecule has 1 aliphatic heterocycles. The van der Waals surface area contributed by atoms with E-state index in [0.717, 1.165) is 14.6 Å². The van der Waals surface area contributed by atoms with E-state index in [4.69, 9.17) is 0 Å². The number of halogens is 4. The van der Waals surface area contributed by atoms with E-state index in [0.29, 0.717) is 5.56 Å². The van der Waals surface area contributed by atoms with Crippen molar-refractivity contribution < 1.29 is 26.0 Å². The molecule has 1 aromatic heterocycles. The van der Waals surface area contributed by atoms with E-state index in [9.17, 15) is 26.0 Å². The average Bonchev–Trinajstić information content (AvgIpc) is 2.66. The van der Waals surface area contributed by atoms with E-state index in [1.807, 2.05) is 0 Å². The van der Waals surface area contributed by atoms with Gasteiger partial charge in [-0.05, 0) is 11.6 Å². The Bertz CT molecular complexity index is 934. The molecule has 0 saturated carbocycles. The van der Waals surface area contributed by atoms with Gasteiger partial charge in [0.05, 0.1) is 0 Å². The standard InChI is InChI=1S/C17H15F4N3O2S/c18-13-15(14(19)17(21)22-16(13)20)23-7-9-24(10-8-23)27(25,26)11-6-12-4-2-1-3-5-12/h1-6,11H,7-10H2/b11-6+. The maximum Gasteiger partial charge on any atom is 0.253 e. The first kappa shape index (κ1) is 19.3. The third-order valence-electron chi connectivity index (χ3n) is 4.12. The lowest BCUT2D eigenvalue weighted by Gasteiger charge is -2.34. The fourth-order valence-corrected chi connectivity index (χ4v) is 3.91. The molecular formula is C17H15F4N3O2S. The zero-order valence-electron chi connectivity index (χ0n) is 13.9. The number of nitrogens with zero attached hydrogens (tertiary/aromatic N) is 3. The Morgan fingerprint density at radius 1 is 0.889 bits per heavy atom. The van der Waals surface area contributed by atoms with E-state index in [2.05, 4.69) is 4.98 Å². The Labute approximate surface area is 153 Å². The molecule has 0 radical (unpaired) electrons. The maximum atomic E-state index is 13.8. The number of benzene rings is 1. The summed E-state index contributed by atoms with van der Waals surface area (Å²) in [6, 6.07) is 8.81. The van der Waals surface area contributed by atoms with Crippen LogP contribution >= 0.6 is 0 Å². The van der Waals surface area contributed by atoms with E-state index >= 15 is 0 Å². The summed E-state index contributed by atoms with van der Waals surface area (Å²) in [5.41, 5.74) is -0.177. The number of sulfonamides is 1. The molecule has 3 rings (SSSR count). The van der Waals surface area contributed by atoms with Crippen molar-refractivity contribution in [1.29, 1.82) is 0 Å². The lowest BCUT2D eigenvalue weighted by atomic mass is 10.2. The first-order valence-electron chi connectivity index (χ1n) is 7.98. The molecule has 0 amide bonds. The van der Waals surface area contributed by atoms with Crippen LogP contribution in [0.3, 0.4) is 0 Å². The van der Waals surface area contributed by atoms with Crippen molar-refractivity contribution in [3.05, 3.63) is 64.8 Å². The van der Waals surface area contributed by atoms with Crippen molar-refractivity contribution in [3.63, 3.8) is 0 Å². The number of aromatic nitrogens is 1. The number of piperazine rings is 1. The fourth-order valence-electron chi connectivity index (χ4n) is 2.73. The summed E-state index contributed by atoms with van der Waals surface area (Å²) in [5, 5.41) is 1.05. The number of hydrogen-bond acceptors (Lipinski definition) is 4. The summed E-state index contributed by atoms with van der Waals surface area (Å²) in [7, 11) is -3.75. The van der Waals surface area contributed by atoms with Gasteiger partial charge in [0.2, 0.25) is 21.7 Å². The summed E-state index contributed by atoms with van der Waals surface area (Å²) in [5.74, 6) is -6.70. The zero-order chi connectivity index (χ0) is 19.6. The van der Waals surface area contributed by atoms with Crippen molar-refractivity contribution in [1.82, 2.24) is 9.29 Å². The summed E-state index contributed by atoms with van der Waals surface area (Å²) in [4.78, 5) is 3.57. The number of anilines is 1. The van der Waals surface area contributed by atoms with Gasteiger partial charge in [0, 0.05) is 31.6 Å². The second-order valence-electron chi connectivity index (χ2n) is 5.81. The van der Waals surface area contributed by atoms with Crippen LogP contribution in [0.1, 0.15) is 5.56 Å². The number of rotatable bonds is 4.